The first kappa shape index (κ1) is 9.65. The third kappa shape index (κ3) is 1.46. The van der Waals surface area contributed by atoms with E-state index in [4.69, 9.17) is 4.74 Å². The first-order chi connectivity index (χ1) is 6.14. The van der Waals surface area contributed by atoms with E-state index in [0.29, 0.717) is 13.0 Å². The lowest BCUT2D eigenvalue weighted by atomic mass is 9.90. The van der Waals surface area contributed by atoms with Crippen LogP contribution in [0.3, 0.4) is 0 Å². The molecule has 2 rings (SSSR count). The average Bonchev–Trinajstić information content (AvgIpc) is 2.62. The second kappa shape index (κ2) is 3.35. The lowest BCUT2D eigenvalue weighted by Crippen LogP contribution is -2.32. The molecule has 0 bridgehead atoms. The number of aliphatic hydroxyl groups is 1. The third-order valence-electron chi connectivity index (χ3n) is 2.60. The van der Waals surface area contributed by atoms with Crippen LogP contribution in [-0.4, -0.2) is 17.8 Å². The fraction of sp³-hybridized carbons (Fsp3) is 0.556. The molecule has 1 aliphatic rings. The molecule has 1 aliphatic heterocycles. The normalized spacial score (nSPS) is 33.9. The summed E-state index contributed by atoms with van der Waals surface area (Å²) >= 11 is 5.03. The summed E-state index contributed by atoms with van der Waals surface area (Å²) in [6.45, 7) is 2.55. The van der Waals surface area contributed by atoms with E-state index in [2.05, 4.69) is 15.9 Å². The monoisotopic (exact) mass is 262 g/mol. The Kier molecular flexibility index (Phi) is 2.49. The molecule has 0 spiro atoms. The van der Waals surface area contributed by atoms with Crippen molar-refractivity contribution in [1.82, 2.24) is 0 Å². The van der Waals surface area contributed by atoms with Crippen LogP contribution in [0.1, 0.15) is 18.9 Å². The predicted molar refractivity (Wildman–Crippen MR) is 55.9 cm³/mol. The van der Waals surface area contributed by atoms with Gasteiger partial charge in [-0.2, -0.15) is 11.3 Å². The first-order valence-electron chi connectivity index (χ1n) is 4.21. The fourth-order valence-corrected chi connectivity index (χ4v) is 3.39. The van der Waals surface area contributed by atoms with Gasteiger partial charge in [-0.3, -0.25) is 0 Å². The number of thiophene rings is 1. The largest absolute Gasteiger partial charge is 0.382 e. The van der Waals surface area contributed by atoms with Crippen molar-refractivity contribution in [3.8, 4) is 0 Å². The molecule has 0 saturated carbocycles. The summed E-state index contributed by atoms with van der Waals surface area (Å²) in [4.78, 5) is 0. The molecule has 2 atom stereocenters. The zero-order valence-electron chi connectivity index (χ0n) is 7.29. The molecular formula is C9H11BrO2S. The van der Waals surface area contributed by atoms with Gasteiger partial charge in [0, 0.05) is 21.8 Å². The number of rotatable bonds is 1. The van der Waals surface area contributed by atoms with Crippen LogP contribution in [-0.2, 0) is 10.3 Å². The summed E-state index contributed by atoms with van der Waals surface area (Å²) in [5.41, 5.74) is 0.168. The molecule has 0 aliphatic carbocycles. The highest BCUT2D eigenvalue weighted by atomic mass is 79.9. The Bertz CT molecular complexity index is 312. The van der Waals surface area contributed by atoms with Crippen molar-refractivity contribution in [2.45, 2.75) is 25.0 Å². The molecule has 4 heteroatoms. The summed E-state index contributed by atoms with van der Waals surface area (Å²) in [5, 5.41) is 14.3. The van der Waals surface area contributed by atoms with E-state index < -0.39 is 5.60 Å². The number of halogens is 1. The van der Waals surface area contributed by atoms with E-state index >= 15 is 0 Å². The van der Waals surface area contributed by atoms with Gasteiger partial charge >= 0.3 is 0 Å². The van der Waals surface area contributed by atoms with Crippen LogP contribution in [0.5, 0.6) is 0 Å². The summed E-state index contributed by atoms with van der Waals surface area (Å²) in [7, 11) is 0. The van der Waals surface area contributed by atoms with Gasteiger partial charge in [0.1, 0.15) is 5.60 Å². The van der Waals surface area contributed by atoms with Gasteiger partial charge in [-0.25, -0.2) is 0 Å². The lowest BCUT2D eigenvalue weighted by Gasteiger charge is -2.25. The van der Waals surface area contributed by atoms with Crippen LogP contribution in [0.25, 0.3) is 0 Å². The maximum absolute atomic E-state index is 10.4. The first-order valence-corrected chi connectivity index (χ1v) is 5.94. The molecular weight excluding hydrogens is 252 g/mol. The molecule has 1 aromatic heterocycles. The minimum absolute atomic E-state index is 0.113. The van der Waals surface area contributed by atoms with Crippen LogP contribution < -0.4 is 0 Å². The van der Waals surface area contributed by atoms with Crippen molar-refractivity contribution in [2.75, 3.05) is 6.61 Å². The Hall–Kier alpha value is 0.100. The Morgan fingerprint density at radius 2 is 2.46 bits per heavy atom. The molecule has 13 heavy (non-hydrogen) atoms. The maximum atomic E-state index is 10.4. The van der Waals surface area contributed by atoms with Crippen LogP contribution in [0, 0.1) is 0 Å². The molecule has 1 fully saturated rings. The van der Waals surface area contributed by atoms with E-state index in [1.807, 2.05) is 17.7 Å². The van der Waals surface area contributed by atoms with Gasteiger partial charge in [-0.1, -0.05) is 0 Å². The smallest absolute Gasteiger partial charge is 0.119 e. The van der Waals surface area contributed by atoms with Gasteiger partial charge in [0.15, 0.2) is 0 Å². The predicted octanol–water partition coefficient (Wildman–Crippen LogP) is 2.51. The molecule has 0 radical (unpaired) electrons. The quantitative estimate of drug-likeness (QED) is 0.843. The van der Waals surface area contributed by atoms with Crippen LogP contribution in [0.15, 0.2) is 15.2 Å². The molecule has 1 N–H and O–H groups in total. The maximum Gasteiger partial charge on any atom is 0.119 e. The summed E-state index contributed by atoms with van der Waals surface area (Å²) < 4.78 is 6.36. The van der Waals surface area contributed by atoms with Crippen LogP contribution >= 0.6 is 27.3 Å². The zero-order valence-corrected chi connectivity index (χ0v) is 9.69. The van der Waals surface area contributed by atoms with Gasteiger partial charge in [0.05, 0.1) is 12.7 Å². The third-order valence-corrected chi connectivity index (χ3v) is 4.31. The van der Waals surface area contributed by atoms with Crippen molar-refractivity contribution >= 4 is 27.3 Å². The highest BCUT2D eigenvalue weighted by Gasteiger charge is 2.42. The van der Waals surface area contributed by atoms with Crippen molar-refractivity contribution in [3.63, 3.8) is 0 Å². The summed E-state index contributed by atoms with van der Waals surface area (Å²) in [5.74, 6) is 0. The molecule has 1 aromatic rings. The standard InChI is InChI=1S/C9H11BrO2S/c1-6-9(11,2-3-12-6)7-4-13-5-8(7)10/h4-6,11H,2-3H2,1H3. The second-order valence-corrected chi connectivity index (χ2v) is 4.92. The molecule has 1 saturated heterocycles. The molecule has 0 amide bonds. The molecule has 72 valence electrons. The SMILES string of the molecule is CC1OCCC1(O)c1cscc1Br. The lowest BCUT2D eigenvalue weighted by molar-refractivity contribution is -0.0318. The minimum atomic E-state index is -0.793. The van der Waals surface area contributed by atoms with E-state index in [1.54, 1.807) is 11.3 Å². The van der Waals surface area contributed by atoms with Crippen molar-refractivity contribution in [2.24, 2.45) is 0 Å². The number of ether oxygens (including phenoxy) is 1. The van der Waals surface area contributed by atoms with Gasteiger partial charge in [0.2, 0.25) is 0 Å². The Morgan fingerprint density at radius 3 is 2.92 bits per heavy atom. The fourth-order valence-electron chi connectivity index (χ4n) is 1.68. The van der Waals surface area contributed by atoms with Crippen LogP contribution in [0.2, 0.25) is 0 Å². The van der Waals surface area contributed by atoms with Gasteiger partial charge in [-0.15, -0.1) is 0 Å². The minimum Gasteiger partial charge on any atom is -0.382 e. The molecule has 2 unspecified atom stereocenters. The highest BCUT2D eigenvalue weighted by Crippen LogP contribution is 2.40. The Morgan fingerprint density at radius 1 is 1.69 bits per heavy atom. The summed E-state index contributed by atoms with van der Waals surface area (Å²) in [6.07, 6.45) is 0.571. The topological polar surface area (TPSA) is 29.5 Å². The van der Waals surface area contributed by atoms with E-state index in [1.165, 1.54) is 0 Å². The highest BCUT2D eigenvalue weighted by molar-refractivity contribution is 9.10. The van der Waals surface area contributed by atoms with Gasteiger partial charge in [-0.05, 0) is 28.2 Å². The molecule has 2 heterocycles. The molecule has 2 nitrogen and oxygen atoms in total. The van der Waals surface area contributed by atoms with Crippen molar-refractivity contribution < 1.29 is 9.84 Å². The van der Waals surface area contributed by atoms with E-state index in [0.717, 1.165) is 10.0 Å². The number of hydrogen-bond acceptors (Lipinski definition) is 3. The molecule has 0 aromatic carbocycles. The van der Waals surface area contributed by atoms with Crippen molar-refractivity contribution in [1.29, 1.82) is 0 Å². The summed E-state index contributed by atoms with van der Waals surface area (Å²) in [6, 6.07) is 0. The zero-order chi connectivity index (χ0) is 9.47. The van der Waals surface area contributed by atoms with Gasteiger partial charge in [0.25, 0.3) is 0 Å². The Labute approximate surface area is 89.7 Å². The van der Waals surface area contributed by atoms with Gasteiger partial charge < -0.3 is 9.84 Å². The van der Waals surface area contributed by atoms with E-state index in [9.17, 15) is 5.11 Å². The van der Waals surface area contributed by atoms with Crippen LogP contribution in [0.4, 0.5) is 0 Å². The number of hydrogen-bond donors (Lipinski definition) is 1. The Balaban J connectivity index is 2.39. The van der Waals surface area contributed by atoms with Crippen molar-refractivity contribution in [3.05, 3.63) is 20.8 Å². The average molecular weight is 263 g/mol. The second-order valence-electron chi connectivity index (χ2n) is 3.32. The van der Waals surface area contributed by atoms with E-state index in [-0.39, 0.29) is 6.10 Å².